The molecule has 1 amide bonds. The van der Waals surface area contributed by atoms with Gasteiger partial charge in [-0.15, -0.1) is 0 Å². The van der Waals surface area contributed by atoms with E-state index >= 15 is 0 Å². The van der Waals surface area contributed by atoms with Gasteiger partial charge in [-0.05, 0) is 32.9 Å². The van der Waals surface area contributed by atoms with Crippen LogP contribution >= 0.6 is 11.8 Å². The number of hydrogen-bond acceptors (Lipinski definition) is 5. The number of amides is 1. The fourth-order valence-electron chi connectivity index (χ4n) is 1.08. The van der Waals surface area contributed by atoms with Crippen LogP contribution in [0.4, 0.5) is 4.79 Å². The molecule has 0 aromatic carbocycles. The number of rotatable bonds is 7. The number of carbonyl (C=O) groups excluding carboxylic acids is 1. The van der Waals surface area contributed by atoms with Crippen LogP contribution in [0.2, 0.25) is 0 Å². The summed E-state index contributed by atoms with van der Waals surface area (Å²) < 4.78 is 5.00. The molecule has 0 fully saturated rings. The van der Waals surface area contributed by atoms with Gasteiger partial charge in [0.05, 0.1) is 6.07 Å². The van der Waals surface area contributed by atoms with E-state index in [0.717, 1.165) is 0 Å². The van der Waals surface area contributed by atoms with Crippen LogP contribution in [0.25, 0.3) is 0 Å². The number of nitrogens with zero attached hydrogens (tertiary/aromatic N) is 1. The monoisotopic (exact) mass is 288 g/mol. The molecule has 0 radical (unpaired) electrons. The minimum absolute atomic E-state index is 0.250. The molecule has 1 atom stereocenters. The largest absolute Gasteiger partial charge is 0.480 e. The first-order valence-corrected chi connectivity index (χ1v) is 7.08. The van der Waals surface area contributed by atoms with Crippen molar-refractivity contribution in [2.24, 2.45) is 0 Å². The summed E-state index contributed by atoms with van der Waals surface area (Å²) in [4.78, 5) is 22.4. The van der Waals surface area contributed by atoms with E-state index in [1.54, 1.807) is 20.8 Å². The predicted octanol–water partition coefficient (Wildman–Crippen LogP) is 2.00. The Balaban J connectivity index is 4.10. The van der Waals surface area contributed by atoms with E-state index in [2.05, 4.69) is 5.32 Å². The van der Waals surface area contributed by atoms with E-state index in [9.17, 15) is 9.59 Å². The van der Waals surface area contributed by atoms with Crippen LogP contribution in [-0.4, -0.2) is 40.3 Å². The van der Waals surface area contributed by atoms with E-state index in [0.29, 0.717) is 18.6 Å². The third-order valence-electron chi connectivity index (χ3n) is 1.85. The minimum atomic E-state index is -1.10. The molecule has 0 heterocycles. The van der Waals surface area contributed by atoms with Crippen LogP contribution in [0.3, 0.4) is 0 Å². The molecule has 7 heteroatoms. The van der Waals surface area contributed by atoms with Crippen LogP contribution in [0.1, 0.15) is 33.6 Å². The van der Waals surface area contributed by atoms with Crippen molar-refractivity contribution in [1.29, 1.82) is 5.26 Å². The maximum absolute atomic E-state index is 11.5. The smallest absolute Gasteiger partial charge is 0.408 e. The number of carboxylic acid groups (broad SMARTS) is 1. The Morgan fingerprint density at radius 2 is 2.11 bits per heavy atom. The molecule has 0 aromatic heterocycles. The van der Waals surface area contributed by atoms with E-state index < -0.39 is 23.7 Å². The Morgan fingerprint density at radius 1 is 1.47 bits per heavy atom. The number of thioether (sulfide) groups is 1. The molecule has 2 N–H and O–H groups in total. The molecule has 0 saturated carbocycles. The van der Waals surface area contributed by atoms with Crippen LogP contribution in [0.15, 0.2) is 0 Å². The second-order valence-electron chi connectivity index (χ2n) is 4.87. The Hall–Kier alpha value is -1.42. The number of nitriles is 1. The van der Waals surface area contributed by atoms with Crippen molar-refractivity contribution in [3.05, 3.63) is 0 Å². The SMILES string of the molecule is CC(C)(C)OC(=O)NC(CSCCCC#N)C(=O)O. The average Bonchev–Trinajstić information content (AvgIpc) is 2.24. The molecule has 0 saturated heterocycles. The van der Waals surface area contributed by atoms with Gasteiger partial charge in [0.2, 0.25) is 0 Å². The third kappa shape index (κ3) is 10.2. The van der Waals surface area contributed by atoms with Crippen LogP contribution in [-0.2, 0) is 9.53 Å². The van der Waals surface area contributed by atoms with Gasteiger partial charge in [-0.3, -0.25) is 0 Å². The summed E-state index contributed by atoms with van der Waals surface area (Å²) in [7, 11) is 0. The van der Waals surface area contributed by atoms with Crippen molar-refractivity contribution < 1.29 is 19.4 Å². The van der Waals surface area contributed by atoms with Crippen LogP contribution < -0.4 is 5.32 Å². The maximum atomic E-state index is 11.5. The number of aliphatic carboxylic acids is 1. The molecule has 0 aliphatic rings. The van der Waals surface area contributed by atoms with E-state index in [-0.39, 0.29) is 5.75 Å². The van der Waals surface area contributed by atoms with E-state index in [4.69, 9.17) is 15.1 Å². The van der Waals surface area contributed by atoms with Crippen LogP contribution in [0, 0.1) is 11.3 Å². The molecule has 1 unspecified atom stereocenters. The van der Waals surface area contributed by atoms with Gasteiger partial charge in [0.25, 0.3) is 0 Å². The van der Waals surface area contributed by atoms with Gasteiger partial charge in [-0.2, -0.15) is 17.0 Å². The molecular weight excluding hydrogens is 268 g/mol. The Kier molecular flexibility index (Phi) is 8.00. The summed E-state index contributed by atoms with van der Waals surface area (Å²) in [6, 6.07) is 1.03. The standard InChI is InChI=1S/C12H20N2O4S/c1-12(2,3)18-11(17)14-9(10(15)16)8-19-7-5-4-6-13/h9H,4-5,7-8H2,1-3H3,(H,14,17)(H,15,16). The maximum Gasteiger partial charge on any atom is 0.408 e. The van der Waals surface area contributed by atoms with Crippen molar-refractivity contribution >= 4 is 23.8 Å². The molecular formula is C12H20N2O4S. The quantitative estimate of drug-likeness (QED) is 0.695. The number of carbonyl (C=O) groups is 2. The average molecular weight is 288 g/mol. The number of alkyl carbamates (subject to hydrolysis) is 1. The van der Waals surface area contributed by atoms with Crippen molar-refractivity contribution in [3.8, 4) is 6.07 Å². The fraction of sp³-hybridized carbons (Fsp3) is 0.750. The number of nitrogens with one attached hydrogen (secondary N) is 1. The minimum Gasteiger partial charge on any atom is -0.480 e. The molecule has 19 heavy (non-hydrogen) atoms. The molecule has 6 nitrogen and oxygen atoms in total. The zero-order valence-corrected chi connectivity index (χ0v) is 12.2. The molecule has 0 aliphatic heterocycles. The van der Waals surface area contributed by atoms with Crippen molar-refractivity contribution in [3.63, 3.8) is 0 Å². The van der Waals surface area contributed by atoms with Gasteiger partial charge < -0.3 is 15.2 Å². The van der Waals surface area contributed by atoms with Gasteiger partial charge in [-0.1, -0.05) is 0 Å². The Bertz CT molecular complexity index is 347. The van der Waals surface area contributed by atoms with Gasteiger partial charge in [-0.25, -0.2) is 9.59 Å². The van der Waals surface area contributed by atoms with Crippen molar-refractivity contribution in [2.75, 3.05) is 11.5 Å². The van der Waals surface area contributed by atoms with E-state index in [1.165, 1.54) is 11.8 Å². The summed E-state index contributed by atoms with van der Waals surface area (Å²) in [5.74, 6) is -0.161. The fourth-order valence-corrected chi connectivity index (χ4v) is 2.06. The molecule has 108 valence electrons. The van der Waals surface area contributed by atoms with Crippen LogP contribution in [0.5, 0.6) is 0 Å². The first-order chi connectivity index (χ1) is 8.76. The normalized spacial score (nSPS) is 12.3. The summed E-state index contributed by atoms with van der Waals surface area (Å²) in [6.07, 6.45) is 0.419. The summed E-state index contributed by atoms with van der Waals surface area (Å²) in [5, 5.41) is 19.7. The Labute approximate surface area is 117 Å². The van der Waals surface area contributed by atoms with Gasteiger partial charge in [0, 0.05) is 12.2 Å². The molecule has 0 aliphatic carbocycles. The zero-order valence-electron chi connectivity index (χ0n) is 11.4. The third-order valence-corrected chi connectivity index (χ3v) is 3.00. The second-order valence-corrected chi connectivity index (χ2v) is 6.02. The zero-order chi connectivity index (χ0) is 14.9. The number of hydrogen-bond donors (Lipinski definition) is 2. The topological polar surface area (TPSA) is 99.4 Å². The van der Waals surface area contributed by atoms with Crippen molar-refractivity contribution in [1.82, 2.24) is 5.32 Å². The molecule has 0 bridgehead atoms. The highest BCUT2D eigenvalue weighted by Crippen LogP contribution is 2.09. The van der Waals surface area contributed by atoms with E-state index in [1.807, 2.05) is 6.07 Å². The highest BCUT2D eigenvalue weighted by Gasteiger charge is 2.23. The molecule has 0 rings (SSSR count). The lowest BCUT2D eigenvalue weighted by Crippen LogP contribution is -2.45. The second kappa shape index (κ2) is 8.64. The highest BCUT2D eigenvalue weighted by atomic mass is 32.2. The molecule has 0 aromatic rings. The number of ether oxygens (including phenoxy) is 1. The lowest BCUT2D eigenvalue weighted by molar-refractivity contribution is -0.138. The summed E-state index contributed by atoms with van der Waals surface area (Å²) in [5.41, 5.74) is -0.660. The predicted molar refractivity (Wildman–Crippen MR) is 73.0 cm³/mol. The van der Waals surface area contributed by atoms with Gasteiger partial charge in [0.15, 0.2) is 0 Å². The molecule has 0 spiro atoms. The highest BCUT2D eigenvalue weighted by molar-refractivity contribution is 7.99. The first-order valence-electron chi connectivity index (χ1n) is 5.93. The van der Waals surface area contributed by atoms with Crippen molar-refractivity contribution in [2.45, 2.75) is 45.3 Å². The number of unbranched alkanes of at least 4 members (excludes halogenated alkanes) is 1. The van der Waals surface area contributed by atoms with Gasteiger partial charge >= 0.3 is 12.1 Å². The first kappa shape index (κ1) is 17.6. The lowest BCUT2D eigenvalue weighted by Gasteiger charge is -2.21. The van der Waals surface area contributed by atoms with Gasteiger partial charge in [0.1, 0.15) is 11.6 Å². The summed E-state index contributed by atoms with van der Waals surface area (Å²) in [6.45, 7) is 5.12. The Morgan fingerprint density at radius 3 is 2.58 bits per heavy atom. The lowest BCUT2D eigenvalue weighted by atomic mass is 10.2. The number of carboxylic acids is 1. The summed E-state index contributed by atoms with van der Waals surface area (Å²) >= 11 is 1.39.